The molecule has 0 amide bonds. The molecule has 0 spiro atoms. The van der Waals surface area contributed by atoms with Gasteiger partial charge in [0.1, 0.15) is 0 Å². The Labute approximate surface area is 268 Å². The fraction of sp³-hybridized carbons (Fsp3) is 0.833. The summed E-state index contributed by atoms with van der Waals surface area (Å²) in [6.45, 7) is 4.50. The van der Waals surface area contributed by atoms with Gasteiger partial charge in [0.25, 0.3) is 0 Å². The predicted octanol–water partition coefficient (Wildman–Crippen LogP) is 9.55. The van der Waals surface area contributed by atoms with Crippen LogP contribution in [0, 0.1) is 0 Å². The van der Waals surface area contributed by atoms with Crippen molar-refractivity contribution in [2.24, 2.45) is 0 Å². The number of carbonyl (C=O) groups is 2. The summed E-state index contributed by atoms with van der Waals surface area (Å²) in [7, 11) is 0. The Kier molecular flexibility index (Phi) is 44.7. The molecule has 0 aliphatic heterocycles. The van der Waals surface area contributed by atoms with E-state index in [4.69, 9.17) is 0 Å². The Bertz CT molecular complexity index is 524. The summed E-state index contributed by atoms with van der Waals surface area (Å²) in [5.41, 5.74) is 0. The number of rotatable bonds is 30. The first-order valence-corrected chi connectivity index (χ1v) is 17.2. The second kappa shape index (κ2) is 41.2. The third kappa shape index (κ3) is 49.1. The molecule has 0 rings (SSSR count). The van der Waals surface area contributed by atoms with Gasteiger partial charge >= 0.3 is 19.5 Å². The van der Waals surface area contributed by atoms with Crippen LogP contribution in [0.25, 0.3) is 0 Å². The average molecular weight is 628 g/mol. The van der Waals surface area contributed by atoms with Gasteiger partial charge in [-0.1, -0.05) is 141 Å². The summed E-state index contributed by atoms with van der Waals surface area (Å²) in [4.78, 5) is 20.4. The smallest absolute Gasteiger partial charge is 0.550 e. The van der Waals surface area contributed by atoms with E-state index in [1.165, 1.54) is 141 Å². The molecule has 0 saturated heterocycles. The molecule has 0 saturated carbocycles. The maximum absolute atomic E-state index is 10.2. The Balaban J connectivity index is -0.000000688. The molecule has 0 aromatic rings. The zero-order chi connectivity index (χ0) is 29.8. The minimum Gasteiger partial charge on any atom is -0.550 e. The van der Waals surface area contributed by atoms with Crippen molar-refractivity contribution in [3.63, 3.8) is 0 Å². The summed E-state index contributed by atoms with van der Waals surface area (Å²) in [5, 5.41) is 20.4. The van der Waals surface area contributed by atoms with Gasteiger partial charge in [-0.2, -0.15) is 0 Å². The summed E-state index contributed by atoms with van der Waals surface area (Å²) < 4.78 is 0. The standard InChI is InChI=1S/2C18H34O2.Zn/c2*1-2-3-4-5-6-7-8-9-10-11-12-13-14-15-16-17-18(19)20;/h2*7-8H,2-6,9-17H2,1H3,(H,19,20);/q;;+2/p-2/b2*8-7+;. The number of carboxylic acid groups (broad SMARTS) is 2. The summed E-state index contributed by atoms with van der Waals surface area (Å²) in [6.07, 6.45) is 41.8. The van der Waals surface area contributed by atoms with Gasteiger partial charge in [-0.15, -0.1) is 0 Å². The topological polar surface area (TPSA) is 80.3 Å². The van der Waals surface area contributed by atoms with E-state index < -0.39 is 11.9 Å². The minimum atomic E-state index is -0.911. The van der Waals surface area contributed by atoms with E-state index in [0.29, 0.717) is 0 Å². The Morgan fingerprint density at radius 1 is 0.390 bits per heavy atom. The van der Waals surface area contributed by atoms with E-state index >= 15 is 0 Å². The van der Waals surface area contributed by atoms with Crippen LogP contribution < -0.4 is 10.2 Å². The fourth-order valence-corrected chi connectivity index (χ4v) is 4.68. The third-order valence-corrected chi connectivity index (χ3v) is 7.29. The Hall–Kier alpha value is -0.957. The zero-order valence-corrected chi connectivity index (χ0v) is 30.4. The molecule has 0 radical (unpaired) electrons. The molecule has 0 atom stereocenters. The van der Waals surface area contributed by atoms with Crippen molar-refractivity contribution in [2.45, 2.75) is 194 Å². The van der Waals surface area contributed by atoms with Crippen LogP contribution in [0.15, 0.2) is 24.3 Å². The molecule has 0 N–H and O–H groups in total. The number of allylic oxidation sites excluding steroid dienone is 4. The quantitative estimate of drug-likeness (QED) is 0.0451. The molecular formula is C36H66O4Zn. The molecule has 4 nitrogen and oxygen atoms in total. The van der Waals surface area contributed by atoms with Crippen molar-refractivity contribution < 1.29 is 39.3 Å². The molecule has 0 fully saturated rings. The second-order valence-electron chi connectivity index (χ2n) is 11.4. The van der Waals surface area contributed by atoms with Gasteiger partial charge in [0.15, 0.2) is 0 Å². The molecule has 0 aliphatic carbocycles. The van der Waals surface area contributed by atoms with Crippen LogP contribution in [0.4, 0.5) is 0 Å². The monoisotopic (exact) mass is 626 g/mol. The molecule has 41 heavy (non-hydrogen) atoms. The van der Waals surface area contributed by atoms with Gasteiger partial charge in [-0.3, -0.25) is 0 Å². The molecule has 0 aromatic heterocycles. The van der Waals surface area contributed by atoms with Crippen LogP contribution in [0.2, 0.25) is 0 Å². The molecule has 0 heterocycles. The first-order valence-electron chi connectivity index (χ1n) is 17.2. The SMILES string of the molecule is CCCCCC/C=C/CCCCCCCCCC(=O)[O-].CCCCCC/C=C/CCCCCCCCCC(=O)[O-].[Zn+2]. The van der Waals surface area contributed by atoms with Crippen LogP contribution in [0.3, 0.4) is 0 Å². The summed E-state index contributed by atoms with van der Waals surface area (Å²) in [6, 6.07) is 0. The first-order chi connectivity index (χ1) is 19.5. The molecule has 0 aliphatic rings. The average Bonchev–Trinajstić information content (AvgIpc) is 2.93. The minimum absolute atomic E-state index is 0. The molecule has 0 aromatic carbocycles. The maximum Gasteiger partial charge on any atom is 2.00 e. The molecule has 236 valence electrons. The van der Waals surface area contributed by atoms with Crippen LogP contribution in [0.5, 0.6) is 0 Å². The van der Waals surface area contributed by atoms with E-state index in [2.05, 4.69) is 38.2 Å². The normalized spacial score (nSPS) is 11.0. The van der Waals surface area contributed by atoms with Crippen LogP contribution in [-0.4, -0.2) is 11.9 Å². The third-order valence-electron chi connectivity index (χ3n) is 7.29. The number of unbranched alkanes of at least 4 members (excludes halogenated alkanes) is 22. The number of aliphatic carboxylic acids is 2. The van der Waals surface area contributed by atoms with Crippen molar-refractivity contribution in [1.29, 1.82) is 0 Å². The number of hydrogen-bond acceptors (Lipinski definition) is 4. The maximum atomic E-state index is 10.2. The Morgan fingerprint density at radius 2 is 0.610 bits per heavy atom. The molecule has 5 heteroatoms. The van der Waals surface area contributed by atoms with E-state index in [9.17, 15) is 19.8 Å². The van der Waals surface area contributed by atoms with Crippen LogP contribution in [-0.2, 0) is 29.1 Å². The number of carbonyl (C=O) groups excluding carboxylic acids is 2. The van der Waals surface area contributed by atoms with E-state index in [1.807, 2.05) is 0 Å². The fourth-order valence-electron chi connectivity index (χ4n) is 4.68. The largest absolute Gasteiger partial charge is 2.00 e. The van der Waals surface area contributed by atoms with Crippen LogP contribution in [0.1, 0.15) is 194 Å². The van der Waals surface area contributed by atoms with E-state index in [-0.39, 0.29) is 32.3 Å². The van der Waals surface area contributed by atoms with E-state index in [1.54, 1.807) is 0 Å². The zero-order valence-electron chi connectivity index (χ0n) is 27.4. The van der Waals surface area contributed by atoms with Crippen molar-refractivity contribution >= 4 is 11.9 Å². The van der Waals surface area contributed by atoms with Gasteiger partial charge < -0.3 is 19.8 Å². The van der Waals surface area contributed by atoms with Gasteiger partial charge in [-0.25, -0.2) is 0 Å². The van der Waals surface area contributed by atoms with Crippen molar-refractivity contribution in [2.75, 3.05) is 0 Å². The van der Waals surface area contributed by atoms with Crippen molar-refractivity contribution in [3.8, 4) is 0 Å². The predicted molar refractivity (Wildman–Crippen MR) is 169 cm³/mol. The van der Waals surface area contributed by atoms with Crippen LogP contribution >= 0.6 is 0 Å². The van der Waals surface area contributed by atoms with Gasteiger partial charge in [-0.05, 0) is 77.0 Å². The Morgan fingerprint density at radius 3 is 0.854 bits per heavy atom. The number of hydrogen-bond donors (Lipinski definition) is 0. The summed E-state index contributed by atoms with van der Waals surface area (Å²) >= 11 is 0. The molecule has 0 bridgehead atoms. The van der Waals surface area contributed by atoms with Gasteiger partial charge in [0.2, 0.25) is 0 Å². The first kappa shape index (κ1) is 44.5. The van der Waals surface area contributed by atoms with E-state index in [0.717, 1.165) is 25.7 Å². The number of carboxylic acids is 2. The molecular weight excluding hydrogens is 562 g/mol. The van der Waals surface area contributed by atoms with Crippen molar-refractivity contribution in [1.82, 2.24) is 0 Å². The molecule has 0 unspecified atom stereocenters. The van der Waals surface area contributed by atoms with Gasteiger partial charge in [0, 0.05) is 11.9 Å². The second-order valence-corrected chi connectivity index (χ2v) is 11.4. The van der Waals surface area contributed by atoms with Gasteiger partial charge in [0.05, 0.1) is 0 Å². The van der Waals surface area contributed by atoms with Crippen molar-refractivity contribution in [3.05, 3.63) is 24.3 Å². The summed E-state index contributed by atoms with van der Waals surface area (Å²) in [5.74, 6) is -1.82.